The number of piperazine rings is 1. The number of imidazole rings is 1. The normalized spacial score (nSPS) is 14.0. The molecule has 9 nitrogen and oxygen atoms in total. The molecule has 9 heteroatoms. The standard InChI is InChI=1S/C19H21N7O2/c1-28-16-5-3-2-4-15(16)23-19(27)25-10-8-24(9-11-25)17-12-18(22-13-21-17)26-7-6-20-14-26/h2-7,12-14H,8-11H2,1H3,(H,23,27). The summed E-state index contributed by atoms with van der Waals surface area (Å²) in [5, 5.41) is 2.92. The van der Waals surface area contributed by atoms with E-state index in [-0.39, 0.29) is 6.03 Å². The molecule has 0 radical (unpaired) electrons. The fourth-order valence-electron chi connectivity index (χ4n) is 3.13. The quantitative estimate of drug-likeness (QED) is 0.746. The van der Waals surface area contributed by atoms with Gasteiger partial charge in [0.1, 0.15) is 30.0 Å². The Bertz CT molecular complexity index is 937. The predicted molar refractivity (Wildman–Crippen MR) is 105 cm³/mol. The smallest absolute Gasteiger partial charge is 0.322 e. The number of hydrogen-bond donors (Lipinski definition) is 1. The van der Waals surface area contributed by atoms with Crippen molar-refractivity contribution in [2.45, 2.75) is 0 Å². The van der Waals surface area contributed by atoms with Crippen molar-refractivity contribution < 1.29 is 9.53 Å². The van der Waals surface area contributed by atoms with Gasteiger partial charge in [-0.25, -0.2) is 19.7 Å². The number of hydrogen-bond acceptors (Lipinski definition) is 6. The van der Waals surface area contributed by atoms with E-state index >= 15 is 0 Å². The fraction of sp³-hybridized carbons (Fsp3) is 0.263. The Labute approximate surface area is 162 Å². The van der Waals surface area contributed by atoms with E-state index in [2.05, 4.69) is 25.2 Å². The van der Waals surface area contributed by atoms with E-state index in [1.165, 1.54) is 0 Å². The molecule has 0 bridgehead atoms. The largest absolute Gasteiger partial charge is 0.495 e. The summed E-state index contributed by atoms with van der Waals surface area (Å²) in [4.78, 5) is 29.2. The lowest BCUT2D eigenvalue weighted by Gasteiger charge is -2.35. The van der Waals surface area contributed by atoms with Crippen LogP contribution in [-0.4, -0.2) is 63.7 Å². The molecule has 3 heterocycles. The van der Waals surface area contributed by atoms with Crippen LogP contribution < -0.4 is 15.0 Å². The highest BCUT2D eigenvalue weighted by molar-refractivity contribution is 5.91. The zero-order valence-electron chi connectivity index (χ0n) is 15.5. The molecule has 144 valence electrons. The summed E-state index contributed by atoms with van der Waals surface area (Å²) < 4.78 is 7.12. The number of urea groups is 1. The van der Waals surface area contributed by atoms with E-state index in [0.717, 1.165) is 11.6 Å². The third kappa shape index (κ3) is 3.73. The van der Waals surface area contributed by atoms with Gasteiger partial charge in [-0.2, -0.15) is 0 Å². The van der Waals surface area contributed by atoms with E-state index in [9.17, 15) is 4.79 Å². The Balaban J connectivity index is 1.38. The van der Waals surface area contributed by atoms with Gasteiger partial charge < -0.3 is 19.9 Å². The second kappa shape index (κ2) is 7.95. The molecule has 1 aromatic carbocycles. The Morgan fingerprint density at radius 1 is 1.11 bits per heavy atom. The highest BCUT2D eigenvalue weighted by Crippen LogP contribution is 2.24. The molecule has 1 fully saturated rings. The summed E-state index contributed by atoms with van der Waals surface area (Å²) in [7, 11) is 1.59. The molecule has 1 saturated heterocycles. The number of aromatic nitrogens is 4. The molecule has 3 aromatic rings. The second-order valence-corrected chi connectivity index (χ2v) is 6.31. The lowest BCUT2D eigenvalue weighted by atomic mass is 10.3. The monoisotopic (exact) mass is 379 g/mol. The summed E-state index contributed by atoms with van der Waals surface area (Å²) in [6.07, 6.45) is 6.80. The molecule has 0 atom stereocenters. The number of amides is 2. The number of carbonyl (C=O) groups excluding carboxylic acids is 1. The minimum Gasteiger partial charge on any atom is -0.495 e. The van der Waals surface area contributed by atoms with Crippen molar-refractivity contribution in [2.24, 2.45) is 0 Å². The van der Waals surface area contributed by atoms with Crippen LogP contribution in [0.15, 0.2) is 55.4 Å². The minimum atomic E-state index is -0.133. The predicted octanol–water partition coefficient (Wildman–Crippen LogP) is 2.02. The average Bonchev–Trinajstić information content (AvgIpc) is 3.29. The van der Waals surface area contributed by atoms with Gasteiger partial charge in [-0.05, 0) is 12.1 Å². The molecular formula is C19H21N7O2. The minimum absolute atomic E-state index is 0.133. The third-order valence-corrected chi connectivity index (χ3v) is 4.65. The summed E-state index contributed by atoms with van der Waals surface area (Å²) in [5.74, 6) is 2.24. The molecule has 2 amide bonds. The van der Waals surface area contributed by atoms with Crippen LogP contribution in [0.4, 0.5) is 16.3 Å². The number of nitrogens with one attached hydrogen (secondary N) is 1. The molecule has 2 aromatic heterocycles. The van der Waals surface area contributed by atoms with E-state index in [0.29, 0.717) is 37.6 Å². The summed E-state index contributed by atoms with van der Waals surface area (Å²) in [6.45, 7) is 2.59. The van der Waals surface area contributed by atoms with Crippen LogP contribution in [0.25, 0.3) is 5.82 Å². The van der Waals surface area contributed by atoms with E-state index in [4.69, 9.17) is 4.74 Å². The van der Waals surface area contributed by atoms with Crippen LogP contribution >= 0.6 is 0 Å². The Kier molecular flexibility index (Phi) is 5.05. The van der Waals surface area contributed by atoms with Gasteiger partial charge in [0.25, 0.3) is 0 Å². The van der Waals surface area contributed by atoms with Gasteiger partial charge in [-0.15, -0.1) is 0 Å². The SMILES string of the molecule is COc1ccccc1NC(=O)N1CCN(c2cc(-n3ccnc3)ncn2)CC1. The second-order valence-electron chi connectivity index (χ2n) is 6.31. The van der Waals surface area contributed by atoms with Crippen LogP contribution in [0, 0.1) is 0 Å². The van der Waals surface area contributed by atoms with Gasteiger partial charge in [0, 0.05) is 44.6 Å². The first kappa shape index (κ1) is 17.8. The molecule has 0 saturated carbocycles. The first-order chi connectivity index (χ1) is 13.7. The maximum atomic E-state index is 12.6. The van der Waals surface area contributed by atoms with Crippen molar-refractivity contribution in [2.75, 3.05) is 43.5 Å². The molecule has 1 N–H and O–H groups in total. The number of nitrogens with zero attached hydrogens (tertiary/aromatic N) is 6. The Morgan fingerprint density at radius 3 is 2.64 bits per heavy atom. The lowest BCUT2D eigenvalue weighted by molar-refractivity contribution is 0.208. The van der Waals surface area contributed by atoms with Crippen molar-refractivity contribution in [1.29, 1.82) is 0 Å². The average molecular weight is 379 g/mol. The van der Waals surface area contributed by atoms with Gasteiger partial charge in [0.15, 0.2) is 0 Å². The van der Waals surface area contributed by atoms with Crippen LogP contribution in [0.2, 0.25) is 0 Å². The van der Waals surface area contributed by atoms with Crippen LogP contribution in [0.3, 0.4) is 0 Å². The molecule has 1 aliphatic rings. The lowest BCUT2D eigenvalue weighted by Crippen LogP contribution is -2.50. The highest BCUT2D eigenvalue weighted by Gasteiger charge is 2.23. The molecule has 0 spiro atoms. The maximum Gasteiger partial charge on any atom is 0.322 e. The molecule has 1 aliphatic heterocycles. The number of carbonyl (C=O) groups is 1. The maximum absolute atomic E-state index is 12.6. The first-order valence-corrected chi connectivity index (χ1v) is 8.99. The van der Waals surface area contributed by atoms with Crippen LogP contribution in [0.5, 0.6) is 5.75 Å². The molecular weight excluding hydrogens is 358 g/mol. The number of rotatable bonds is 4. The number of anilines is 2. The van der Waals surface area contributed by atoms with Gasteiger partial charge in [0.05, 0.1) is 12.8 Å². The molecule has 0 aliphatic carbocycles. The van der Waals surface area contributed by atoms with Crippen molar-refractivity contribution in [3.05, 3.63) is 55.4 Å². The van der Waals surface area contributed by atoms with Gasteiger partial charge in [-0.1, -0.05) is 12.1 Å². The zero-order chi connectivity index (χ0) is 19.3. The van der Waals surface area contributed by atoms with Crippen LogP contribution in [-0.2, 0) is 0 Å². The van der Waals surface area contributed by atoms with E-state index in [1.807, 2.05) is 41.1 Å². The molecule has 28 heavy (non-hydrogen) atoms. The van der Waals surface area contributed by atoms with Crippen molar-refractivity contribution >= 4 is 17.5 Å². The number of para-hydroxylation sites is 2. The Morgan fingerprint density at radius 2 is 1.89 bits per heavy atom. The van der Waals surface area contributed by atoms with Gasteiger partial charge in [0.2, 0.25) is 0 Å². The summed E-state index contributed by atoms with van der Waals surface area (Å²) in [6, 6.07) is 9.17. The van der Waals surface area contributed by atoms with E-state index in [1.54, 1.807) is 30.9 Å². The molecule has 0 unspecified atom stereocenters. The summed E-state index contributed by atoms with van der Waals surface area (Å²) >= 11 is 0. The zero-order valence-corrected chi connectivity index (χ0v) is 15.5. The first-order valence-electron chi connectivity index (χ1n) is 8.99. The third-order valence-electron chi connectivity index (χ3n) is 4.65. The number of benzene rings is 1. The highest BCUT2D eigenvalue weighted by atomic mass is 16.5. The Hall–Kier alpha value is -3.62. The van der Waals surface area contributed by atoms with Gasteiger partial charge in [-0.3, -0.25) is 4.57 Å². The topological polar surface area (TPSA) is 88.4 Å². The van der Waals surface area contributed by atoms with Crippen molar-refractivity contribution in [3.8, 4) is 11.6 Å². The fourth-order valence-corrected chi connectivity index (χ4v) is 3.13. The number of methoxy groups -OCH3 is 1. The van der Waals surface area contributed by atoms with Crippen molar-refractivity contribution in [1.82, 2.24) is 24.4 Å². The summed E-state index contributed by atoms with van der Waals surface area (Å²) in [5.41, 5.74) is 0.665. The number of ether oxygens (including phenoxy) is 1. The van der Waals surface area contributed by atoms with Gasteiger partial charge >= 0.3 is 6.03 Å². The van der Waals surface area contributed by atoms with E-state index < -0.39 is 0 Å². The van der Waals surface area contributed by atoms with Crippen molar-refractivity contribution in [3.63, 3.8) is 0 Å². The molecule has 4 rings (SSSR count). The van der Waals surface area contributed by atoms with Crippen LogP contribution in [0.1, 0.15) is 0 Å².